The predicted octanol–water partition coefficient (Wildman–Crippen LogP) is 4.70. The summed E-state index contributed by atoms with van der Waals surface area (Å²) in [6, 6.07) is 8.36. The highest BCUT2D eigenvalue weighted by atomic mass is 79.9. The van der Waals surface area contributed by atoms with E-state index in [1.165, 1.54) is 10.4 Å². The number of aryl methyl sites for hydroxylation is 1. The van der Waals surface area contributed by atoms with Crippen molar-refractivity contribution in [3.05, 3.63) is 34.4 Å². The molecule has 0 atom stereocenters. The standard InChI is InChI=1S/C13H15BrN2S/c1-3-8-15-13-16-9(2)12(17-13)10-4-6-11(14)7-5-10/h4-7H,3,8H2,1-2H3,(H,15,16). The van der Waals surface area contributed by atoms with E-state index in [-0.39, 0.29) is 0 Å². The van der Waals surface area contributed by atoms with Gasteiger partial charge < -0.3 is 5.32 Å². The molecule has 1 heterocycles. The van der Waals surface area contributed by atoms with Crippen molar-refractivity contribution in [2.24, 2.45) is 0 Å². The molecule has 0 radical (unpaired) electrons. The normalized spacial score (nSPS) is 10.5. The second-order valence-electron chi connectivity index (χ2n) is 3.87. The first-order valence-corrected chi connectivity index (χ1v) is 7.29. The Hall–Kier alpha value is -0.870. The van der Waals surface area contributed by atoms with Crippen molar-refractivity contribution < 1.29 is 0 Å². The van der Waals surface area contributed by atoms with Crippen molar-refractivity contribution in [1.29, 1.82) is 0 Å². The van der Waals surface area contributed by atoms with Crippen LogP contribution in [0.4, 0.5) is 5.13 Å². The van der Waals surface area contributed by atoms with Gasteiger partial charge in [0.25, 0.3) is 0 Å². The zero-order valence-electron chi connectivity index (χ0n) is 9.96. The third kappa shape index (κ3) is 3.07. The van der Waals surface area contributed by atoms with Crippen LogP contribution in [0.5, 0.6) is 0 Å². The number of thiazole rings is 1. The van der Waals surface area contributed by atoms with Gasteiger partial charge in [-0.2, -0.15) is 0 Å². The first kappa shape index (κ1) is 12.6. The molecular formula is C13H15BrN2S. The van der Waals surface area contributed by atoms with Gasteiger partial charge in [-0.05, 0) is 31.0 Å². The summed E-state index contributed by atoms with van der Waals surface area (Å²) in [6.07, 6.45) is 1.12. The van der Waals surface area contributed by atoms with Crippen molar-refractivity contribution in [2.75, 3.05) is 11.9 Å². The van der Waals surface area contributed by atoms with Crippen LogP contribution in [0.1, 0.15) is 19.0 Å². The molecule has 0 amide bonds. The topological polar surface area (TPSA) is 24.9 Å². The number of hydrogen-bond acceptors (Lipinski definition) is 3. The molecule has 4 heteroatoms. The van der Waals surface area contributed by atoms with E-state index >= 15 is 0 Å². The van der Waals surface area contributed by atoms with Gasteiger partial charge in [-0.1, -0.05) is 46.3 Å². The summed E-state index contributed by atoms with van der Waals surface area (Å²) in [6.45, 7) is 5.20. The van der Waals surface area contributed by atoms with Gasteiger partial charge >= 0.3 is 0 Å². The molecule has 0 bridgehead atoms. The fourth-order valence-electron chi connectivity index (χ4n) is 1.57. The Labute approximate surface area is 114 Å². The van der Waals surface area contributed by atoms with E-state index in [1.807, 2.05) is 0 Å². The van der Waals surface area contributed by atoms with Crippen molar-refractivity contribution in [3.8, 4) is 10.4 Å². The van der Waals surface area contributed by atoms with Crippen LogP contribution in [-0.4, -0.2) is 11.5 Å². The molecule has 0 aliphatic rings. The van der Waals surface area contributed by atoms with Crippen molar-refractivity contribution >= 4 is 32.4 Å². The van der Waals surface area contributed by atoms with Crippen LogP contribution in [-0.2, 0) is 0 Å². The SMILES string of the molecule is CCCNc1nc(C)c(-c2ccc(Br)cc2)s1. The molecule has 90 valence electrons. The lowest BCUT2D eigenvalue weighted by Crippen LogP contribution is -1.98. The minimum atomic E-state index is 0.979. The van der Waals surface area contributed by atoms with Gasteiger partial charge in [-0.15, -0.1) is 0 Å². The third-order valence-corrected chi connectivity index (χ3v) is 4.12. The quantitative estimate of drug-likeness (QED) is 0.885. The van der Waals surface area contributed by atoms with Crippen LogP contribution < -0.4 is 5.32 Å². The molecule has 0 fully saturated rings. The molecule has 0 saturated carbocycles. The Kier molecular flexibility index (Phi) is 4.18. The number of rotatable bonds is 4. The summed E-state index contributed by atoms with van der Waals surface area (Å²) in [7, 11) is 0. The molecule has 1 aromatic carbocycles. The number of aromatic nitrogens is 1. The lowest BCUT2D eigenvalue weighted by molar-refractivity contribution is 0.974. The van der Waals surface area contributed by atoms with Crippen LogP contribution in [0.2, 0.25) is 0 Å². The maximum absolute atomic E-state index is 4.54. The summed E-state index contributed by atoms with van der Waals surface area (Å²) in [5.74, 6) is 0. The number of benzene rings is 1. The molecule has 2 nitrogen and oxygen atoms in total. The second-order valence-corrected chi connectivity index (χ2v) is 5.78. The van der Waals surface area contributed by atoms with Crippen LogP contribution in [0.25, 0.3) is 10.4 Å². The average molecular weight is 311 g/mol. The van der Waals surface area contributed by atoms with Gasteiger partial charge in [0.05, 0.1) is 10.6 Å². The fourth-order valence-corrected chi connectivity index (χ4v) is 2.83. The van der Waals surface area contributed by atoms with Gasteiger partial charge in [0.1, 0.15) is 0 Å². The van der Waals surface area contributed by atoms with E-state index in [0.29, 0.717) is 0 Å². The zero-order valence-corrected chi connectivity index (χ0v) is 12.4. The summed E-state index contributed by atoms with van der Waals surface area (Å²) in [5, 5.41) is 4.35. The Morgan fingerprint density at radius 1 is 1.29 bits per heavy atom. The molecule has 0 spiro atoms. The minimum Gasteiger partial charge on any atom is -0.362 e. The summed E-state index contributed by atoms with van der Waals surface area (Å²) in [5.41, 5.74) is 2.32. The number of anilines is 1. The monoisotopic (exact) mass is 310 g/mol. The van der Waals surface area contributed by atoms with Gasteiger partial charge in [0.15, 0.2) is 5.13 Å². The largest absolute Gasteiger partial charge is 0.362 e. The smallest absolute Gasteiger partial charge is 0.183 e. The average Bonchev–Trinajstić information content (AvgIpc) is 2.69. The van der Waals surface area contributed by atoms with E-state index in [2.05, 4.69) is 64.3 Å². The molecule has 0 unspecified atom stereocenters. The first-order valence-electron chi connectivity index (χ1n) is 5.68. The Morgan fingerprint density at radius 2 is 2.00 bits per heavy atom. The lowest BCUT2D eigenvalue weighted by atomic mass is 10.2. The van der Waals surface area contributed by atoms with Gasteiger partial charge in [0, 0.05) is 11.0 Å². The predicted molar refractivity (Wildman–Crippen MR) is 78.8 cm³/mol. The Morgan fingerprint density at radius 3 is 2.65 bits per heavy atom. The third-order valence-electron chi connectivity index (χ3n) is 2.43. The molecular weight excluding hydrogens is 296 g/mol. The molecule has 1 N–H and O–H groups in total. The fraction of sp³-hybridized carbons (Fsp3) is 0.308. The van der Waals surface area contributed by atoms with Crippen molar-refractivity contribution in [3.63, 3.8) is 0 Å². The molecule has 0 saturated heterocycles. The first-order chi connectivity index (χ1) is 8.20. The number of nitrogens with one attached hydrogen (secondary N) is 1. The van der Waals surface area contributed by atoms with E-state index in [0.717, 1.165) is 28.3 Å². The van der Waals surface area contributed by atoms with E-state index < -0.39 is 0 Å². The molecule has 17 heavy (non-hydrogen) atoms. The Balaban J connectivity index is 2.26. The lowest BCUT2D eigenvalue weighted by Gasteiger charge is -1.98. The van der Waals surface area contributed by atoms with Crippen LogP contribution in [0, 0.1) is 6.92 Å². The van der Waals surface area contributed by atoms with Crippen LogP contribution in [0.3, 0.4) is 0 Å². The maximum Gasteiger partial charge on any atom is 0.183 e. The molecule has 2 rings (SSSR count). The van der Waals surface area contributed by atoms with E-state index in [9.17, 15) is 0 Å². The number of halogens is 1. The minimum absolute atomic E-state index is 0.979. The summed E-state index contributed by atoms with van der Waals surface area (Å²) < 4.78 is 1.10. The molecule has 1 aromatic heterocycles. The summed E-state index contributed by atoms with van der Waals surface area (Å²) >= 11 is 5.17. The Bertz CT molecular complexity index is 491. The second kappa shape index (κ2) is 5.65. The number of hydrogen-bond donors (Lipinski definition) is 1. The van der Waals surface area contributed by atoms with Gasteiger partial charge in [-0.25, -0.2) is 4.98 Å². The molecule has 0 aliphatic carbocycles. The van der Waals surface area contributed by atoms with Crippen molar-refractivity contribution in [2.45, 2.75) is 20.3 Å². The van der Waals surface area contributed by atoms with E-state index in [4.69, 9.17) is 0 Å². The molecule has 2 aromatic rings. The highest BCUT2D eigenvalue weighted by Gasteiger charge is 2.08. The maximum atomic E-state index is 4.54. The van der Waals surface area contributed by atoms with E-state index in [1.54, 1.807) is 11.3 Å². The highest BCUT2D eigenvalue weighted by molar-refractivity contribution is 9.10. The van der Waals surface area contributed by atoms with Crippen LogP contribution in [0.15, 0.2) is 28.7 Å². The van der Waals surface area contributed by atoms with Crippen molar-refractivity contribution in [1.82, 2.24) is 4.98 Å². The van der Waals surface area contributed by atoms with Crippen LogP contribution >= 0.6 is 27.3 Å². The highest BCUT2D eigenvalue weighted by Crippen LogP contribution is 2.33. The zero-order chi connectivity index (χ0) is 12.3. The molecule has 0 aliphatic heterocycles. The van der Waals surface area contributed by atoms with Gasteiger partial charge in [-0.3, -0.25) is 0 Å². The number of nitrogens with zero attached hydrogens (tertiary/aromatic N) is 1. The summed E-state index contributed by atoms with van der Waals surface area (Å²) in [4.78, 5) is 5.79. The van der Waals surface area contributed by atoms with Gasteiger partial charge in [0.2, 0.25) is 0 Å².